The number of hydrogen-bond donors (Lipinski definition) is 0. The molecular weight excluding hydrogens is 949 g/mol. The number of fused-ring (bicyclic) bond motifs is 3. The quantitative estimate of drug-likeness (QED) is 0.121. The Morgan fingerprint density at radius 3 is 0.810 bits per heavy atom. The van der Waals surface area contributed by atoms with E-state index in [2.05, 4.69) is 328 Å². The summed E-state index contributed by atoms with van der Waals surface area (Å²) in [6.45, 7) is 0. The summed E-state index contributed by atoms with van der Waals surface area (Å²) in [5.41, 5.74) is 28.3. The second-order valence-corrected chi connectivity index (χ2v) is 20.8. The zero-order valence-corrected chi connectivity index (χ0v) is 43.7. The van der Waals surface area contributed by atoms with Gasteiger partial charge in [0.05, 0.1) is 5.41 Å². The Balaban J connectivity index is 0.931. The van der Waals surface area contributed by atoms with Gasteiger partial charge >= 0.3 is 0 Å². The number of rotatable bonds is 11. The smallest absolute Gasteiger partial charge is 0.0622 e. The van der Waals surface area contributed by atoms with E-state index < -0.39 is 5.41 Å². The van der Waals surface area contributed by atoms with Crippen LogP contribution in [0, 0.1) is 0 Å². The lowest BCUT2D eigenvalue weighted by atomic mass is 9.67. The van der Waals surface area contributed by atoms with Crippen molar-refractivity contribution < 1.29 is 0 Å². The van der Waals surface area contributed by atoms with Gasteiger partial charge in [0.25, 0.3) is 0 Å². The van der Waals surface area contributed by atoms with Crippen LogP contribution >= 0.6 is 0 Å². The molecule has 0 nitrogen and oxygen atoms in total. The van der Waals surface area contributed by atoms with Gasteiger partial charge in [-0.25, -0.2) is 0 Å². The predicted molar refractivity (Wildman–Crippen MR) is 333 cm³/mol. The maximum atomic E-state index is 2.47. The summed E-state index contributed by atoms with van der Waals surface area (Å²) in [5, 5.41) is 0. The van der Waals surface area contributed by atoms with E-state index >= 15 is 0 Å². The summed E-state index contributed by atoms with van der Waals surface area (Å²) in [7, 11) is 0. The minimum absolute atomic E-state index is 0.666. The zero-order chi connectivity index (χ0) is 52.5. The fourth-order valence-electron chi connectivity index (χ4n) is 12.4. The third-order valence-electron chi connectivity index (χ3n) is 16.1. The molecular formula is C79H54. The molecule has 370 valence electrons. The Morgan fingerprint density at radius 2 is 0.405 bits per heavy atom. The molecule has 1 aliphatic rings. The van der Waals surface area contributed by atoms with Gasteiger partial charge < -0.3 is 0 Å². The van der Waals surface area contributed by atoms with Gasteiger partial charge in [-0.15, -0.1) is 0 Å². The molecule has 13 aromatic rings. The van der Waals surface area contributed by atoms with Gasteiger partial charge in [-0.1, -0.05) is 267 Å². The maximum absolute atomic E-state index is 2.47. The van der Waals surface area contributed by atoms with Crippen LogP contribution in [0.15, 0.2) is 328 Å². The van der Waals surface area contributed by atoms with Gasteiger partial charge in [0.1, 0.15) is 0 Å². The molecule has 0 fully saturated rings. The Hall–Kier alpha value is -10.1. The molecule has 0 heteroatoms. The van der Waals surface area contributed by atoms with Crippen molar-refractivity contribution in [1.82, 2.24) is 0 Å². The fourth-order valence-corrected chi connectivity index (χ4v) is 12.4. The molecule has 0 aliphatic heterocycles. The molecule has 0 saturated heterocycles. The highest BCUT2D eigenvalue weighted by atomic mass is 14.5. The van der Waals surface area contributed by atoms with Crippen molar-refractivity contribution in [3.63, 3.8) is 0 Å². The van der Waals surface area contributed by atoms with Gasteiger partial charge in [0, 0.05) is 0 Å². The van der Waals surface area contributed by atoms with E-state index in [4.69, 9.17) is 0 Å². The predicted octanol–water partition coefficient (Wildman–Crippen LogP) is 21.1. The second kappa shape index (κ2) is 20.4. The number of hydrogen-bond acceptors (Lipinski definition) is 0. The summed E-state index contributed by atoms with van der Waals surface area (Å²) in [4.78, 5) is 0. The van der Waals surface area contributed by atoms with Gasteiger partial charge in [-0.3, -0.25) is 0 Å². The van der Waals surface area contributed by atoms with Crippen molar-refractivity contribution in [2.45, 2.75) is 5.41 Å². The lowest BCUT2D eigenvalue weighted by molar-refractivity contribution is 0.769. The molecule has 14 rings (SSSR count). The number of benzene rings is 13. The molecule has 0 bridgehead atoms. The van der Waals surface area contributed by atoms with Crippen LogP contribution in [0.2, 0.25) is 0 Å². The molecule has 13 aromatic carbocycles. The van der Waals surface area contributed by atoms with Crippen LogP contribution in [0.25, 0.3) is 111 Å². The fraction of sp³-hybridized carbons (Fsp3) is 0.0127. The Morgan fingerprint density at radius 1 is 0.152 bits per heavy atom. The highest BCUT2D eigenvalue weighted by molar-refractivity contribution is 5.96. The lowest BCUT2D eigenvalue weighted by Crippen LogP contribution is -2.28. The molecule has 0 radical (unpaired) electrons. The van der Waals surface area contributed by atoms with Crippen LogP contribution in [0.5, 0.6) is 0 Å². The Labute approximate surface area is 463 Å². The largest absolute Gasteiger partial charge is 0.0714 e. The van der Waals surface area contributed by atoms with E-state index in [1.807, 2.05) is 0 Å². The highest BCUT2D eigenvalue weighted by Gasteiger charge is 2.47. The van der Waals surface area contributed by atoms with E-state index in [9.17, 15) is 0 Å². The van der Waals surface area contributed by atoms with Crippen molar-refractivity contribution in [2.75, 3.05) is 0 Å². The van der Waals surface area contributed by atoms with Crippen LogP contribution in [-0.4, -0.2) is 0 Å². The molecule has 0 atom stereocenters. The minimum atomic E-state index is -0.666. The van der Waals surface area contributed by atoms with Crippen molar-refractivity contribution >= 4 is 0 Å². The Kier molecular flexibility index (Phi) is 12.2. The molecule has 0 aromatic heterocycles. The lowest BCUT2D eigenvalue weighted by Gasteiger charge is -2.34. The topological polar surface area (TPSA) is 0 Å². The van der Waals surface area contributed by atoms with E-state index in [0.717, 1.165) is 0 Å². The van der Waals surface area contributed by atoms with Gasteiger partial charge in [-0.2, -0.15) is 0 Å². The first-order valence-electron chi connectivity index (χ1n) is 27.4. The van der Waals surface area contributed by atoms with Gasteiger partial charge in [-0.05, 0) is 194 Å². The average molecular weight is 1000 g/mol. The van der Waals surface area contributed by atoms with Crippen molar-refractivity contribution in [3.05, 3.63) is 350 Å². The summed E-state index contributed by atoms with van der Waals surface area (Å²) < 4.78 is 0. The third-order valence-corrected chi connectivity index (χ3v) is 16.1. The molecule has 1 aliphatic carbocycles. The third kappa shape index (κ3) is 8.80. The van der Waals surface area contributed by atoms with Crippen LogP contribution < -0.4 is 0 Å². The van der Waals surface area contributed by atoms with Crippen molar-refractivity contribution in [3.8, 4) is 111 Å². The summed E-state index contributed by atoms with van der Waals surface area (Å²) in [6.07, 6.45) is 0. The van der Waals surface area contributed by atoms with Crippen LogP contribution in [0.4, 0.5) is 0 Å². The van der Waals surface area contributed by atoms with Crippen molar-refractivity contribution in [2.24, 2.45) is 0 Å². The minimum Gasteiger partial charge on any atom is -0.0622 e. The highest BCUT2D eigenvalue weighted by Crippen LogP contribution is 2.59. The first-order valence-corrected chi connectivity index (χ1v) is 27.4. The van der Waals surface area contributed by atoms with E-state index in [1.165, 1.54) is 134 Å². The summed E-state index contributed by atoms with van der Waals surface area (Å²) in [6, 6.07) is 121. The molecule has 0 N–H and O–H groups in total. The van der Waals surface area contributed by atoms with Gasteiger partial charge in [0.15, 0.2) is 0 Å². The van der Waals surface area contributed by atoms with E-state index in [0.29, 0.717) is 0 Å². The average Bonchev–Trinajstić information content (AvgIpc) is 2.91. The first-order chi connectivity index (χ1) is 39.1. The van der Waals surface area contributed by atoms with Crippen molar-refractivity contribution in [1.29, 1.82) is 0 Å². The van der Waals surface area contributed by atoms with Crippen LogP contribution in [-0.2, 0) is 5.41 Å². The maximum Gasteiger partial charge on any atom is 0.0714 e. The second-order valence-electron chi connectivity index (χ2n) is 20.8. The van der Waals surface area contributed by atoms with Crippen LogP contribution in [0.3, 0.4) is 0 Å². The standard InChI is InChI=1S/C79H54/c1-6-23-55(24-7-1)66-47-67(56-25-8-2-9-26-56)50-70(49-66)62-35-18-33-60(45-62)64-37-20-39-72(53-64)79(76-43-17-16-41-75(76)78-74(42-22-44-77(78)79)59-31-14-5-15-32-59)73-40-21-38-65(54-73)61-34-19-36-63(46-61)71-51-68(57-27-10-3-11-28-57)48-69(52-71)58-29-12-4-13-30-58/h1-54H. The molecule has 79 heavy (non-hydrogen) atoms. The molecule has 0 amide bonds. The van der Waals surface area contributed by atoms with Crippen LogP contribution in [0.1, 0.15) is 22.3 Å². The molecule has 0 saturated carbocycles. The monoisotopic (exact) mass is 1000 g/mol. The molecule has 0 spiro atoms. The van der Waals surface area contributed by atoms with E-state index in [-0.39, 0.29) is 0 Å². The zero-order valence-electron chi connectivity index (χ0n) is 43.7. The first kappa shape index (κ1) is 47.3. The SMILES string of the molecule is c1ccc(-c2cc(-c3ccccc3)cc(-c3cccc(-c4cccc(C5(c6cccc(-c7cccc(-c8cc(-c9ccccc9)cc(-c9ccccc9)c8)c7)c6)c6ccccc6-c6c(-c7ccccc7)cccc65)c4)c3)c2)cc1. The van der Waals surface area contributed by atoms with Gasteiger partial charge in [0.2, 0.25) is 0 Å². The molecule has 0 unspecified atom stereocenters. The summed E-state index contributed by atoms with van der Waals surface area (Å²) >= 11 is 0. The summed E-state index contributed by atoms with van der Waals surface area (Å²) in [5.74, 6) is 0. The molecule has 0 heterocycles. The van der Waals surface area contributed by atoms with E-state index in [1.54, 1.807) is 0 Å². The normalized spacial score (nSPS) is 12.2. The Bertz CT molecular complexity index is 4000.